The van der Waals surface area contributed by atoms with Crippen LogP contribution >= 0.6 is 0 Å². The molecule has 0 unspecified atom stereocenters. The van der Waals surface area contributed by atoms with Gasteiger partial charge >= 0.3 is 0 Å². The molecule has 0 amide bonds. The minimum atomic E-state index is 0.626. The third-order valence-electron chi connectivity index (χ3n) is 3.83. The van der Waals surface area contributed by atoms with E-state index in [2.05, 4.69) is 77.9 Å². The van der Waals surface area contributed by atoms with Crippen molar-refractivity contribution in [1.29, 1.82) is 0 Å². The first-order chi connectivity index (χ1) is 14.4. The van der Waals surface area contributed by atoms with Gasteiger partial charge in [0.1, 0.15) is 0 Å². The minimum absolute atomic E-state index is 0.626. The van der Waals surface area contributed by atoms with Crippen LogP contribution in [-0.4, -0.2) is 60.0 Å². The van der Waals surface area contributed by atoms with Crippen LogP contribution in [0, 0.1) is 18.8 Å². The Hall–Kier alpha value is -2.69. The topological polar surface area (TPSA) is 69.2 Å². The summed E-state index contributed by atoms with van der Waals surface area (Å²) in [5.74, 6) is 2.33. The van der Waals surface area contributed by atoms with Crippen molar-refractivity contribution in [3.63, 3.8) is 0 Å². The first kappa shape index (κ1) is 27.3. The zero-order valence-corrected chi connectivity index (χ0v) is 19.5. The van der Waals surface area contributed by atoms with Gasteiger partial charge in [0.2, 0.25) is 0 Å². The normalized spacial score (nSPS) is 14.1. The largest absolute Gasteiger partial charge is 0.353 e. The predicted molar refractivity (Wildman–Crippen MR) is 129 cm³/mol. The number of hydrogen-bond donors (Lipinski definition) is 2. The molecule has 0 saturated carbocycles. The Morgan fingerprint density at radius 2 is 1.90 bits per heavy atom. The molecule has 0 aromatic carbocycles. The van der Waals surface area contributed by atoms with Crippen molar-refractivity contribution < 1.29 is 0 Å². The summed E-state index contributed by atoms with van der Waals surface area (Å²) in [6.45, 7) is 19.2. The van der Waals surface area contributed by atoms with Gasteiger partial charge in [0, 0.05) is 51.0 Å². The molecular weight excluding hydrogens is 374 g/mol. The van der Waals surface area contributed by atoms with Crippen LogP contribution in [0.5, 0.6) is 0 Å². The van der Waals surface area contributed by atoms with E-state index in [0.717, 1.165) is 55.7 Å². The number of terminal acetylenes is 1. The molecule has 1 aromatic heterocycles. The third-order valence-corrected chi connectivity index (χ3v) is 3.83. The SMILES string of the molecule is C#C.C=C(/C=C\C(=C/C)c1nncc(N2CCNCC2)n1)NN(C)CC.CC(C)C. The van der Waals surface area contributed by atoms with E-state index < -0.39 is 0 Å². The molecule has 7 heteroatoms. The van der Waals surface area contributed by atoms with Crippen molar-refractivity contribution in [2.75, 3.05) is 44.7 Å². The number of hydrogen-bond acceptors (Lipinski definition) is 7. The Kier molecular flexibility index (Phi) is 14.7. The second-order valence-corrected chi connectivity index (χ2v) is 7.34. The maximum Gasteiger partial charge on any atom is 0.183 e. The lowest BCUT2D eigenvalue weighted by Crippen LogP contribution is -2.44. The number of anilines is 1. The van der Waals surface area contributed by atoms with E-state index >= 15 is 0 Å². The van der Waals surface area contributed by atoms with Gasteiger partial charge in [-0.1, -0.05) is 40.3 Å². The Balaban J connectivity index is 0.00000125. The van der Waals surface area contributed by atoms with Crippen LogP contribution in [-0.2, 0) is 0 Å². The summed E-state index contributed by atoms with van der Waals surface area (Å²) in [4.78, 5) is 6.89. The smallest absolute Gasteiger partial charge is 0.183 e. The summed E-state index contributed by atoms with van der Waals surface area (Å²) in [6, 6.07) is 0. The highest BCUT2D eigenvalue weighted by molar-refractivity contribution is 5.70. The average molecular weight is 414 g/mol. The lowest BCUT2D eigenvalue weighted by Gasteiger charge is -2.28. The van der Waals surface area contributed by atoms with E-state index in [9.17, 15) is 0 Å². The number of aromatic nitrogens is 3. The second-order valence-electron chi connectivity index (χ2n) is 7.34. The van der Waals surface area contributed by atoms with Gasteiger partial charge in [-0.25, -0.2) is 9.99 Å². The second kappa shape index (κ2) is 16.1. The van der Waals surface area contributed by atoms with Crippen LogP contribution in [0.1, 0.15) is 40.4 Å². The quantitative estimate of drug-likeness (QED) is 0.404. The van der Waals surface area contributed by atoms with E-state index in [0.29, 0.717) is 5.82 Å². The Bertz CT molecular complexity index is 683. The van der Waals surface area contributed by atoms with Crippen molar-refractivity contribution in [3.8, 4) is 12.8 Å². The lowest BCUT2D eigenvalue weighted by molar-refractivity contribution is 0.284. The number of nitrogens with zero attached hydrogens (tertiary/aromatic N) is 5. The number of hydrazine groups is 1. The van der Waals surface area contributed by atoms with E-state index in [-0.39, 0.29) is 0 Å². The zero-order chi connectivity index (χ0) is 22.9. The zero-order valence-electron chi connectivity index (χ0n) is 19.5. The van der Waals surface area contributed by atoms with E-state index in [4.69, 9.17) is 0 Å². The fraction of sp³-hybridized carbons (Fsp3) is 0.522. The minimum Gasteiger partial charge on any atom is -0.353 e. The highest BCUT2D eigenvalue weighted by Gasteiger charge is 2.13. The van der Waals surface area contributed by atoms with E-state index in [1.54, 1.807) is 6.20 Å². The molecule has 2 rings (SSSR count). The first-order valence-corrected chi connectivity index (χ1v) is 10.4. The van der Waals surface area contributed by atoms with Gasteiger partial charge in [-0.2, -0.15) is 5.10 Å². The standard InChI is InChI=1S/C17H27N7.C4H10.C2H2/c1-5-15(8-7-14(3)22-23(4)6-2)17-20-16(13-19-21-17)24-11-9-18-10-12-24;1-4(2)3;1-2/h5,7-8,13,18,22H,3,6,9-12H2,1-2,4H3;4H,1-3H3;1-2H/b8-7-,15-5+;;. The monoisotopic (exact) mass is 413 g/mol. The molecule has 166 valence electrons. The molecule has 2 N–H and O–H groups in total. The summed E-state index contributed by atoms with van der Waals surface area (Å²) in [7, 11) is 1.97. The van der Waals surface area contributed by atoms with Gasteiger partial charge in [-0.3, -0.25) is 0 Å². The maximum absolute atomic E-state index is 4.67. The van der Waals surface area contributed by atoms with Gasteiger partial charge in [0.25, 0.3) is 0 Å². The summed E-state index contributed by atoms with van der Waals surface area (Å²) in [5, 5.41) is 13.6. The molecule has 0 bridgehead atoms. The molecule has 0 atom stereocenters. The molecule has 0 radical (unpaired) electrons. The molecular formula is C23H39N7. The van der Waals surface area contributed by atoms with Gasteiger partial charge in [0.15, 0.2) is 11.6 Å². The van der Waals surface area contributed by atoms with Crippen LogP contribution in [0.4, 0.5) is 5.82 Å². The van der Waals surface area contributed by atoms with Gasteiger partial charge < -0.3 is 15.6 Å². The molecule has 30 heavy (non-hydrogen) atoms. The van der Waals surface area contributed by atoms with Crippen LogP contribution < -0.4 is 15.6 Å². The molecule has 0 aliphatic carbocycles. The number of nitrogens with one attached hydrogen (secondary N) is 2. The highest BCUT2D eigenvalue weighted by atomic mass is 15.5. The van der Waals surface area contributed by atoms with Crippen molar-refractivity contribution in [3.05, 3.63) is 42.5 Å². The first-order valence-electron chi connectivity index (χ1n) is 10.4. The molecule has 1 aromatic rings. The molecule has 1 saturated heterocycles. The van der Waals surface area contributed by atoms with Crippen molar-refractivity contribution in [2.24, 2.45) is 5.92 Å². The van der Waals surface area contributed by atoms with Crippen LogP contribution in [0.2, 0.25) is 0 Å². The fourth-order valence-corrected chi connectivity index (χ4v) is 2.32. The number of allylic oxidation sites excluding steroid dienone is 4. The van der Waals surface area contributed by atoms with Crippen LogP contribution in [0.15, 0.2) is 36.7 Å². The summed E-state index contributed by atoms with van der Waals surface area (Å²) in [5.41, 5.74) is 4.90. The molecule has 1 aliphatic heterocycles. The van der Waals surface area contributed by atoms with Crippen molar-refractivity contribution in [1.82, 2.24) is 30.9 Å². The lowest BCUT2D eigenvalue weighted by atomic mass is 10.2. The summed E-state index contributed by atoms with van der Waals surface area (Å²) in [6.07, 6.45) is 15.6. The van der Waals surface area contributed by atoms with Gasteiger partial charge in [-0.05, 0) is 25.0 Å². The molecule has 2 heterocycles. The Labute approximate surface area is 183 Å². The van der Waals surface area contributed by atoms with Gasteiger partial charge in [-0.15, -0.1) is 17.9 Å². The van der Waals surface area contributed by atoms with Crippen molar-refractivity contribution >= 4 is 11.4 Å². The summed E-state index contributed by atoms with van der Waals surface area (Å²) < 4.78 is 0. The average Bonchev–Trinajstić information content (AvgIpc) is 2.76. The molecule has 1 fully saturated rings. The fourth-order valence-electron chi connectivity index (χ4n) is 2.32. The Morgan fingerprint density at radius 1 is 1.30 bits per heavy atom. The maximum atomic E-state index is 4.67. The third kappa shape index (κ3) is 11.3. The van der Waals surface area contributed by atoms with Crippen LogP contribution in [0.3, 0.4) is 0 Å². The predicted octanol–water partition coefficient (Wildman–Crippen LogP) is 3.12. The summed E-state index contributed by atoms with van der Waals surface area (Å²) >= 11 is 0. The van der Waals surface area contributed by atoms with Gasteiger partial charge in [0.05, 0.1) is 6.20 Å². The molecule has 7 nitrogen and oxygen atoms in total. The van der Waals surface area contributed by atoms with E-state index in [1.807, 2.05) is 37.2 Å². The van der Waals surface area contributed by atoms with Crippen LogP contribution in [0.25, 0.3) is 5.57 Å². The Morgan fingerprint density at radius 3 is 2.43 bits per heavy atom. The van der Waals surface area contributed by atoms with E-state index in [1.165, 1.54) is 0 Å². The van der Waals surface area contributed by atoms with Crippen molar-refractivity contribution in [2.45, 2.75) is 34.6 Å². The number of piperazine rings is 1. The molecule has 0 spiro atoms. The molecule has 1 aliphatic rings. The highest BCUT2D eigenvalue weighted by Crippen LogP contribution is 2.15. The number of rotatable bonds is 7.